The number of nitrogens with one attached hydrogen (secondary N) is 1. The second-order valence-corrected chi connectivity index (χ2v) is 3.41. The van der Waals surface area contributed by atoms with Crippen molar-refractivity contribution in [3.63, 3.8) is 0 Å². The molecule has 1 aliphatic heterocycles. The molecule has 0 radical (unpaired) electrons. The van der Waals surface area contributed by atoms with Crippen molar-refractivity contribution in [1.29, 1.82) is 0 Å². The molecule has 5 heteroatoms. The van der Waals surface area contributed by atoms with Gasteiger partial charge in [0, 0.05) is 12.1 Å². The highest BCUT2D eigenvalue weighted by molar-refractivity contribution is 5.29. The van der Waals surface area contributed by atoms with Crippen molar-refractivity contribution in [2.75, 3.05) is 20.3 Å². The molecule has 0 spiro atoms. The molecule has 1 aromatic heterocycles. The molecule has 1 N–H and O–H groups in total. The fourth-order valence-corrected chi connectivity index (χ4v) is 1.32. The van der Waals surface area contributed by atoms with E-state index >= 15 is 0 Å². The van der Waals surface area contributed by atoms with Gasteiger partial charge in [-0.25, -0.2) is 4.98 Å². The van der Waals surface area contributed by atoms with Crippen molar-refractivity contribution in [2.24, 2.45) is 0 Å². The lowest BCUT2D eigenvalue weighted by Gasteiger charge is -2.27. The monoisotopic (exact) mass is 212 g/mol. The van der Waals surface area contributed by atoms with Gasteiger partial charge < -0.3 is 14.8 Å². The minimum atomic E-state index is -0.619. The van der Waals surface area contributed by atoms with Crippen LogP contribution in [0.4, 0.5) is 4.39 Å². The predicted octanol–water partition coefficient (Wildman–Crippen LogP) is 0.970. The second-order valence-electron chi connectivity index (χ2n) is 3.41. The Hall–Kier alpha value is -1.36. The molecule has 0 bridgehead atoms. The Kier molecular flexibility index (Phi) is 3.01. The summed E-state index contributed by atoms with van der Waals surface area (Å²) in [7, 11) is 1.40. The van der Waals surface area contributed by atoms with Crippen LogP contribution in [0.2, 0.25) is 0 Å². The van der Waals surface area contributed by atoms with Gasteiger partial charge in [0.1, 0.15) is 12.4 Å². The van der Waals surface area contributed by atoms with Gasteiger partial charge in [-0.1, -0.05) is 0 Å². The van der Waals surface area contributed by atoms with E-state index < -0.39 is 5.95 Å². The summed E-state index contributed by atoms with van der Waals surface area (Å²) >= 11 is 0. The van der Waals surface area contributed by atoms with E-state index in [1.807, 2.05) is 0 Å². The highest BCUT2D eigenvalue weighted by Gasteiger charge is 2.17. The summed E-state index contributed by atoms with van der Waals surface area (Å²) in [5, 5.41) is 3.20. The number of ether oxygens (including phenoxy) is 2. The van der Waals surface area contributed by atoms with Gasteiger partial charge in [-0.05, 0) is 13.0 Å². The minimum absolute atomic E-state index is 0.106. The van der Waals surface area contributed by atoms with Crippen molar-refractivity contribution in [1.82, 2.24) is 10.3 Å². The molecule has 0 aromatic carbocycles. The summed E-state index contributed by atoms with van der Waals surface area (Å²) in [6, 6.07) is 1.90. The number of nitrogens with zero attached hydrogens (tertiary/aromatic N) is 1. The van der Waals surface area contributed by atoms with E-state index in [4.69, 9.17) is 9.47 Å². The first-order valence-electron chi connectivity index (χ1n) is 4.85. The van der Waals surface area contributed by atoms with E-state index in [0.717, 1.165) is 13.0 Å². The van der Waals surface area contributed by atoms with Gasteiger partial charge in [-0.15, -0.1) is 0 Å². The lowest BCUT2D eigenvalue weighted by atomic mass is 10.1. The van der Waals surface area contributed by atoms with E-state index in [0.29, 0.717) is 18.4 Å². The Bertz CT molecular complexity index is 342. The van der Waals surface area contributed by atoms with Crippen LogP contribution < -0.4 is 14.8 Å². The first-order valence-corrected chi connectivity index (χ1v) is 4.85. The third-order valence-electron chi connectivity index (χ3n) is 2.38. The van der Waals surface area contributed by atoms with Crippen LogP contribution in [-0.2, 0) is 0 Å². The van der Waals surface area contributed by atoms with Crippen LogP contribution in [0.5, 0.6) is 11.5 Å². The maximum Gasteiger partial charge on any atom is 0.255 e. The molecule has 82 valence electrons. The van der Waals surface area contributed by atoms with Gasteiger partial charge in [-0.2, -0.15) is 4.39 Å². The molecule has 0 saturated carbocycles. The molecule has 0 unspecified atom stereocenters. The zero-order chi connectivity index (χ0) is 10.7. The van der Waals surface area contributed by atoms with Crippen LogP contribution in [0.15, 0.2) is 12.3 Å². The zero-order valence-electron chi connectivity index (χ0n) is 8.50. The standard InChI is InChI=1S/C10H13FN2O2/c1-14-9-4-8(5-13-10(9)11)15-6-7-2-3-12-7/h4-5,7,12H,2-3,6H2,1H3/t7-/m0/s1. The number of rotatable bonds is 4. The normalized spacial score (nSPS) is 19.5. The molecule has 1 atom stereocenters. The summed E-state index contributed by atoms with van der Waals surface area (Å²) < 4.78 is 23.2. The average Bonchev–Trinajstić information content (AvgIpc) is 2.18. The number of aromatic nitrogens is 1. The lowest BCUT2D eigenvalue weighted by molar-refractivity contribution is 0.215. The van der Waals surface area contributed by atoms with Crippen molar-refractivity contribution in [2.45, 2.75) is 12.5 Å². The Morgan fingerprint density at radius 2 is 2.47 bits per heavy atom. The molecule has 2 heterocycles. The maximum absolute atomic E-state index is 12.9. The third kappa shape index (κ3) is 2.36. The summed E-state index contributed by atoms with van der Waals surface area (Å²) in [6.07, 6.45) is 2.47. The summed E-state index contributed by atoms with van der Waals surface area (Å²) in [6.45, 7) is 1.62. The summed E-state index contributed by atoms with van der Waals surface area (Å²) in [5.74, 6) is 0.0163. The molecule has 1 fully saturated rings. The number of halogens is 1. The Morgan fingerprint density at radius 1 is 1.67 bits per heavy atom. The van der Waals surface area contributed by atoms with Crippen LogP contribution in [0, 0.1) is 5.95 Å². The topological polar surface area (TPSA) is 43.4 Å². The maximum atomic E-state index is 12.9. The van der Waals surface area contributed by atoms with Crippen molar-refractivity contribution in [3.05, 3.63) is 18.2 Å². The molecule has 1 aliphatic rings. The minimum Gasteiger partial charge on any atom is -0.492 e. The van der Waals surface area contributed by atoms with Crippen molar-refractivity contribution in [3.8, 4) is 11.5 Å². The van der Waals surface area contributed by atoms with E-state index in [2.05, 4.69) is 10.3 Å². The molecular formula is C10H13FN2O2. The fourth-order valence-electron chi connectivity index (χ4n) is 1.32. The van der Waals surface area contributed by atoms with Crippen LogP contribution in [-0.4, -0.2) is 31.3 Å². The fraction of sp³-hybridized carbons (Fsp3) is 0.500. The van der Waals surface area contributed by atoms with E-state index in [1.165, 1.54) is 19.4 Å². The highest BCUT2D eigenvalue weighted by atomic mass is 19.1. The first-order chi connectivity index (χ1) is 7.29. The van der Waals surface area contributed by atoms with Gasteiger partial charge in [-0.3, -0.25) is 0 Å². The summed E-state index contributed by atoms with van der Waals surface area (Å²) in [4.78, 5) is 3.53. The van der Waals surface area contributed by atoms with Crippen molar-refractivity contribution >= 4 is 0 Å². The van der Waals surface area contributed by atoms with E-state index in [1.54, 1.807) is 0 Å². The van der Waals surface area contributed by atoms with Crippen LogP contribution in [0.25, 0.3) is 0 Å². The number of methoxy groups -OCH3 is 1. The Labute approximate surface area is 87.4 Å². The number of pyridine rings is 1. The van der Waals surface area contributed by atoms with Crippen LogP contribution in [0.1, 0.15) is 6.42 Å². The van der Waals surface area contributed by atoms with Gasteiger partial charge in [0.05, 0.1) is 13.3 Å². The highest BCUT2D eigenvalue weighted by Crippen LogP contribution is 2.21. The third-order valence-corrected chi connectivity index (χ3v) is 2.38. The lowest BCUT2D eigenvalue weighted by Crippen LogP contribution is -2.46. The van der Waals surface area contributed by atoms with Gasteiger partial charge in [0.2, 0.25) is 0 Å². The second kappa shape index (κ2) is 4.44. The van der Waals surface area contributed by atoms with Crippen LogP contribution in [0.3, 0.4) is 0 Å². The quantitative estimate of drug-likeness (QED) is 0.755. The Balaban J connectivity index is 1.95. The van der Waals surface area contributed by atoms with Crippen LogP contribution >= 0.6 is 0 Å². The molecule has 4 nitrogen and oxygen atoms in total. The number of hydrogen-bond acceptors (Lipinski definition) is 4. The zero-order valence-corrected chi connectivity index (χ0v) is 8.50. The smallest absolute Gasteiger partial charge is 0.255 e. The largest absolute Gasteiger partial charge is 0.492 e. The van der Waals surface area contributed by atoms with Gasteiger partial charge in [0.25, 0.3) is 5.95 Å². The molecule has 1 saturated heterocycles. The predicted molar refractivity (Wildman–Crippen MR) is 52.6 cm³/mol. The number of hydrogen-bond donors (Lipinski definition) is 1. The molecule has 0 amide bonds. The van der Waals surface area contributed by atoms with Gasteiger partial charge in [0.15, 0.2) is 5.75 Å². The molecule has 0 aliphatic carbocycles. The van der Waals surface area contributed by atoms with Crippen molar-refractivity contribution < 1.29 is 13.9 Å². The molecule has 15 heavy (non-hydrogen) atoms. The van der Waals surface area contributed by atoms with Gasteiger partial charge >= 0.3 is 0 Å². The molecule has 2 rings (SSSR count). The average molecular weight is 212 g/mol. The van der Waals surface area contributed by atoms with E-state index in [-0.39, 0.29) is 5.75 Å². The first kappa shape index (κ1) is 10.2. The Morgan fingerprint density at radius 3 is 3.07 bits per heavy atom. The molecule has 1 aromatic rings. The molecular weight excluding hydrogens is 199 g/mol. The van der Waals surface area contributed by atoms with E-state index in [9.17, 15) is 4.39 Å². The summed E-state index contributed by atoms with van der Waals surface area (Å²) in [5.41, 5.74) is 0. The SMILES string of the molecule is COc1cc(OC[C@@H]2CCN2)cnc1F.